The second-order valence-electron chi connectivity index (χ2n) is 6.02. The molecular formula is C19H16N2O6S. The third kappa shape index (κ3) is 4.44. The van der Waals surface area contributed by atoms with E-state index in [2.05, 4.69) is 4.98 Å². The van der Waals surface area contributed by atoms with Gasteiger partial charge in [0.1, 0.15) is 16.4 Å². The van der Waals surface area contributed by atoms with Gasteiger partial charge >= 0.3 is 5.97 Å². The van der Waals surface area contributed by atoms with Crippen LogP contribution >= 0.6 is 0 Å². The minimum atomic E-state index is -3.71. The predicted molar refractivity (Wildman–Crippen MR) is 99.6 cm³/mol. The number of sulfone groups is 1. The summed E-state index contributed by atoms with van der Waals surface area (Å²) >= 11 is 0. The van der Waals surface area contributed by atoms with E-state index in [1.165, 1.54) is 24.3 Å². The first kappa shape index (κ1) is 19.3. The molecule has 0 radical (unpaired) electrons. The molecule has 144 valence electrons. The average molecular weight is 400 g/mol. The number of Topliss-reactive ketones (excluding diaryl/α,β-unsaturated/α-hetero) is 1. The van der Waals surface area contributed by atoms with E-state index < -0.39 is 15.8 Å². The molecule has 1 heterocycles. The Labute approximate surface area is 161 Å². The molecule has 9 heteroatoms. The molecule has 1 aromatic heterocycles. The molecule has 0 aliphatic rings. The molecule has 3 aromatic rings. The van der Waals surface area contributed by atoms with E-state index in [1.807, 2.05) is 0 Å². The molecule has 0 spiro atoms. The highest BCUT2D eigenvalue weighted by molar-refractivity contribution is 7.90. The van der Waals surface area contributed by atoms with E-state index in [-0.39, 0.29) is 28.5 Å². The van der Waals surface area contributed by atoms with E-state index in [0.29, 0.717) is 11.3 Å². The van der Waals surface area contributed by atoms with Gasteiger partial charge in [-0.2, -0.15) is 0 Å². The van der Waals surface area contributed by atoms with Gasteiger partial charge < -0.3 is 14.4 Å². The summed E-state index contributed by atoms with van der Waals surface area (Å²) < 4.78 is 31.2. The highest BCUT2D eigenvalue weighted by atomic mass is 32.2. The number of rotatable bonds is 7. The van der Waals surface area contributed by atoms with Crippen LogP contribution < -0.4 is 4.74 Å². The molecule has 3 rings (SSSR count). The highest BCUT2D eigenvalue weighted by Crippen LogP contribution is 2.30. The second-order valence-corrected chi connectivity index (χ2v) is 8.01. The summed E-state index contributed by atoms with van der Waals surface area (Å²) in [5.41, 5.74) is 0.304. The number of hydrogen-bond donors (Lipinski definition) is 1. The van der Waals surface area contributed by atoms with Gasteiger partial charge in [-0.3, -0.25) is 4.79 Å². The number of nitrogens with zero attached hydrogens (tertiary/aromatic N) is 2. The van der Waals surface area contributed by atoms with E-state index in [4.69, 9.17) is 9.84 Å². The van der Waals surface area contributed by atoms with Gasteiger partial charge in [0.15, 0.2) is 15.6 Å². The number of ether oxygens (including phenoxy) is 1. The number of aromatic nitrogens is 2. The molecule has 0 amide bonds. The minimum absolute atomic E-state index is 0.00462. The van der Waals surface area contributed by atoms with Gasteiger partial charge in [-0.05, 0) is 42.5 Å². The molecule has 0 atom stereocenters. The SMILES string of the molecule is CS(=O)(=O)c1cc(C(=O)O)ccc1Oc1ccc(C(=O)Cn2ccnc2)cc1. The fourth-order valence-corrected chi connectivity index (χ4v) is 3.30. The molecule has 0 fully saturated rings. The van der Waals surface area contributed by atoms with Crippen LogP contribution in [0.2, 0.25) is 0 Å². The lowest BCUT2D eigenvalue weighted by molar-refractivity contribution is 0.0696. The molecular weight excluding hydrogens is 384 g/mol. The molecule has 1 N–H and O–H groups in total. The average Bonchev–Trinajstić information content (AvgIpc) is 3.14. The van der Waals surface area contributed by atoms with Crippen molar-refractivity contribution >= 4 is 21.6 Å². The summed E-state index contributed by atoms with van der Waals surface area (Å²) in [6.07, 6.45) is 5.78. The van der Waals surface area contributed by atoms with E-state index in [0.717, 1.165) is 12.3 Å². The fraction of sp³-hybridized carbons (Fsp3) is 0.105. The fourth-order valence-electron chi connectivity index (χ4n) is 2.49. The number of aromatic carboxylic acids is 1. The van der Waals surface area contributed by atoms with Crippen LogP contribution in [0.1, 0.15) is 20.7 Å². The first-order valence-electron chi connectivity index (χ1n) is 8.08. The zero-order chi connectivity index (χ0) is 20.3. The molecule has 0 aliphatic heterocycles. The number of carboxylic acid groups (broad SMARTS) is 1. The molecule has 0 saturated heterocycles. The van der Waals surface area contributed by atoms with Crippen LogP contribution in [0, 0.1) is 0 Å². The Balaban J connectivity index is 1.82. The van der Waals surface area contributed by atoms with Crippen molar-refractivity contribution in [2.75, 3.05) is 6.26 Å². The summed E-state index contributed by atoms with van der Waals surface area (Å²) in [5.74, 6) is -1.04. The first-order valence-corrected chi connectivity index (χ1v) is 9.97. The van der Waals surface area contributed by atoms with Crippen molar-refractivity contribution in [1.29, 1.82) is 0 Å². The zero-order valence-electron chi connectivity index (χ0n) is 14.8. The Morgan fingerprint density at radius 3 is 2.36 bits per heavy atom. The number of carbonyl (C=O) groups excluding carboxylic acids is 1. The van der Waals surface area contributed by atoms with Crippen molar-refractivity contribution in [2.24, 2.45) is 0 Å². The summed E-state index contributed by atoms with van der Waals surface area (Å²) in [6.45, 7) is 0.148. The molecule has 0 aliphatic carbocycles. The van der Waals surface area contributed by atoms with Gasteiger partial charge in [-0.25, -0.2) is 18.2 Å². The van der Waals surface area contributed by atoms with Crippen molar-refractivity contribution in [1.82, 2.24) is 9.55 Å². The van der Waals surface area contributed by atoms with Crippen molar-refractivity contribution in [3.8, 4) is 11.5 Å². The number of imidazole rings is 1. The van der Waals surface area contributed by atoms with Crippen LogP contribution in [0.4, 0.5) is 0 Å². The molecule has 0 bridgehead atoms. The van der Waals surface area contributed by atoms with Gasteiger partial charge in [0.25, 0.3) is 0 Å². The Bertz CT molecular complexity index is 1120. The summed E-state index contributed by atoms with van der Waals surface area (Å²) in [6, 6.07) is 9.82. The lowest BCUT2D eigenvalue weighted by atomic mass is 10.1. The van der Waals surface area contributed by atoms with Crippen LogP contribution in [-0.2, 0) is 16.4 Å². The topological polar surface area (TPSA) is 116 Å². The third-order valence-corrected chi connectivity index (χ3v) is 5.00. The normalized spacial score (nSPS) is 11.2. The predicted octanol–water partition coefficient (Wildman–Crippen LogP) is 2.66. The van der Waals surface area contributed by atoms with E-state index in [1.54, 1.807) is 35.4 Å². The molecule has 8 nitrogen and oxygen atoms in total. The smallest absolute Gasteiger partial charge is 0.335 e. The van der Waals surface area contributed by atoms with E-state index >= 15 is 0 Å². The van der Waals surface area contributed by atoms with Gasteiger partial charge in [0, 0.05) is 24.2 Å². The van der Waals surface area contributed by atoms with Crippen molar-refractivity contribution in [3.63, 3.8) is 0 Å². The number of carbonyl (C=O) groups is 2. The maximum absolute atomic E-state index is 12.2. The Hall–Kier alpha value is -3.46. The molecule has 0 unspecified atom stereocenters. The standard InChI is InChI=1S/C19H16N2O6S/c1-28(25,26)18-10-14(19(23)24)4-7-17(18)27-15-5-2-13(3-6-15)16(22)11-21-9-8-20-12-21/h2-10,12H,11H2,1H3,(H,23,24). The summed E-state index contributed by atoms with van der Waals surface area (Å²) in [5, 5.41) is 9.06. The van der Waals surface area contributed by atoms with Crippen LogP contribution in [0.25, 0.3) is 0 Å². The molecule has 28 heavy (non-hydrogen) atoms. The minimum Gasteiger partial charge on any atom is -0.478 e. The van der Waals surface area contributed by atoms with Crippen molar-refractivity contribution in [3.05, 3.63) is 72.3 Å². The van der Waals surface area contributed by atoms with Crippen molar-refractivity contribution < 1.29 is 27.9 Å². The van der Waals surface area contributed by atoms with Gasteiger partial charge in [-0.1, -0.05) is 0 Å². The van der Waals surface area contributed by atoms with Gasteiger partial charge in [-0.15, -0.1) is 0 Å². The van der Waals surface area contributed by atoms with E-state index in [9.17, 15) is 18.0 Å². The lowest BCUT2D eigenvalue weighted by Crippen LogP contribution is -2.08. The lowest BCUT2D eigenvalue weighted by Gasteiger charge is -2.11. The highest BCUT2D eigenvalue weighted by Gasteiger charge is 2.18. The maximum Gasteiger partial charge on any atom is 0.335 e. The Morgan fingerprint density at radius 2 is 1.79 bits per heavy atom. The second kappa shape index (κ2) is 7.65. The largest absolute Gasteiger partial charge is 0.478 e. The first-order chi connectivity index (χ1) is 13.2. The third-order valence-electron chi connectivity index (χ3n) is 3.88. The molecule has 0 saturated carbocycles. The van der Waals surface area contributed by atoms with Crippen LogP contribution in [0.15, 0.2) is 66.1 Å². The Kier molecular flexibility index (Phi) is 5.27. The van der Waals surface area contributed by atoms with Crippen LogP contribution in [0.3, 0.4) is 0 Å². The number of ketones is 1. The number of hydrogen-bond acceptors (Lipinski definition) is 6. The van der Waals surface area contributed by atoms with Crippen molar-refractivity contribution in [2.45, 2.75) is 11.4 Å². The quantitative estimate of drug-likeness (QED) is 0.606. The van der Waals surface area contributed by atoms with Crippen LogP contribution in [-0.4, -0.2) is 41.1 Å². The van der Waals surface area contributed by atoms with Crippen LogP contribution in [0.5, 0.6) is 11.5 Å². The maximum atomic E-state index is 12.2. The summed E-state index contributed by atoms with van der Waals surface area (Å²) in [4.78, 5) is 27.0. The monoisotopic (exact) mass is 400 g/mol. The summed E-state index contributed by atoms with van der Waals surface area (Å²) in [7, 11) is -3.71. The van der Waals surface area contributed by atoms with Gasteiger partial charge in [0.2, 0.25) is 0 Å². The van der Waals surface area contributed by atoms with Gasteiger partial charge in [0.05, 0.1) is 18.4 Å². The number of carboxylic acids is 1. The zero-order valence-corrected chi connectivity index (χ0v) is 15.6. The number of benzene rings is 2. The molecule has 2 aromatic carbocycles. The Morgan fingerprint density at radius 1 is 1.11 bits per heavy atom.